The van der Waals surface area contributed by atoms with E-state index in [4.69, 9.17) is 0 Å². The molecule has 0 aromatic carbocycles. The van der Waals surface area contributed by atoms with Crippen molar-refractivity contribution in [1.82, 2.24) is 9.61 Å². The van der Waals surface area contributed by atoms with Crippen molar-refractivity contribution < 1.29 is 0 Å². The van der Waals surface area contributed by atoms with Crippen LogP contribution in [0.2, 0.25) is 0 Å². The number of aromatic nitrogens is 2. The topological polar surface area (TPSA) is 17.3 Å². The van der Waals surface area contributed by atoms with Crippen LogP contribution in [0.4, 0.5) is 0 Å². The molecule has 2 nitrogen and oxygen atoms in total. The second kappa shape index (κ2) is 3.45. The van der Waals surface area contributed by atoms with Crippen molar-refractivity contribution >= 4 is 5.52 Å². The summed E-state index contributed by atoms with van der Waals surface area (Å²) in [5, 5.41) is 4.50. The lowest BCUT2D eigenvalue weighted by atomic mass is 10.1. The molecule has 0 N–H and O–H groups in total. The largest absolute Gasteiger partial charge is 0.241 e. The van der Waals surface area contributed by atoms with Gasteiger partial charge in [0, 0.05) is 6.20 Å². The second-order valence-electron chi connectivity index (χ2n) is 3.98. The minimum atomic E-state index is 0.500. The molecule has 0 aliphatic carbocycles. The molecule has 0 saturated carbocycles. The van der Waals surface area contributed by atoms with Crippen molar-refractivity contribution in [3.8, 4) is 0 Å². The predicted octanol–water partition coefficient (Wildman–Crippen LogP) is 3.02. The van der Waals surface area contributed by atoms with Crippen molar-refractivity contribution in [2.24, 2.45) is 0 Å². The highest BCUT2D eigenvalue weighted by atomic mass is 15.2. The fourth-order valence-corrected chi connectivity index (χ4v) is 1.56. The van der Waals surface area contributed by atoms with Gasteiger partial charge in [0.25, 0.3) is 0 Å². The lowest BCUT2D eigenvalue weighted by Crippen LogP contribution is -1.91. The standard InChI is InChI=1S/C12H16N2/c1-4-10-5-6-14-11(7-10)8-12(13-14)9(2)3/h5-9H,4H2,1-3H3. The molecule has 0 atom stereocenters. The van der Waals surface area contributed by atoms with Gasteiger partial charge in [-0.15, -0.1) is 0 Å². The molecule has 0 fully saturated rings. The molecule has 14 heavy (non-hydrogen) atoms. The van der Waals surface area contributed by atoms with Gasteiger partial charge in [-0.2, -0.15) is 5.10 Å². The Balaban J connectivity index is 2.54. The van der Waals surface area contributed by atoms with Gasteiger partial charge in [0.2, 0.25) is 0 Å². The van der Waals surface area contributed by atoms with E-state index >= 15 is 0 Å². The molecule has 0 bridgehead atoms. The summed E-state index contributed by atoms with van der Waals surface area (Å²) in [5.41, 5.74) is 3.74. The minimum absolute atomic E-state index is 0.500. The van der Waals surface area contributed by atoms with E-state index in [-0.39, 0.29) is 0 Å². The fraction of sp³-hybridized carbons (Fsp3) is 0.417. The van der Waals surface area contributed by atoms with Gasteiger partial charge in [-0.3, -0.25) is 0 Å². The average Bonchev–Trinajstić information content (AvgIpc) is 2.59. The van der Waals surface area contributed by atoms with E-state index in [1.807, 2.05) is 10.7 Å². The molecule has 0 amide bonds. The normalized spacial score (nSPS) is 11.4. The first-order valence-electron chi connectivity index (χ1n) is 5.19. The Hall–Kier alpha value is -1.31. The van der Waals surface area contributed by atoms with E-state index in [0.717, 1.165) is 6.42 Å². The summed E-state index contributed by atoms with van der Waals surface area (Å²) < 4.78 is 1.95. The van der Waals surface area contributed by atoms with Crippen LogP contribution in [-0.4, -0.2) is 9.61 Å². The van der Waals surface area contributed by atoms with Crippen molar-refractivity contribution in [2.45, 2.75) is 33.1 Å². The summed E-state index contributed by atoms with van der Waals surface area (Å²) in [4.78, 5) is 0. The Kier molecular flexibility index (Phi) is 2.28. The van der Waals surface area contributed by atoms with Crippen LogP contribution in [0.15, 0.2) is 24.4 Å². The van der Waals surface area contributed by atoms with E-state index in [1.165, 1.54) is 16.8 Å². The highest BCUT2D eigenvalue weighted by Crippen LogP contribution is 2.16. The van der Waals surface area contributed by atoms with Crippen LogP contribution in [0.5, 0.6) is 0 Å². The number of rotatable bonds is 2. The van der Waals surface area contributed by atoms with Gasteiger partial charge in [-0.05, 0) is 36.1 Å². The molecule has 2 heterocycles. The molecule has 2 rings (SSSR count). The zero-order chi connectivity index (χ0) is 10.1. The second-order valence-corrected chi connectivity index (χ2v) is 3.98. The Bertz CT molecular complexity index is 441. The summed E-state index contributed by atoms with van der Waals surface area (Å²) in [6, 6.07) is 6.51. The highest BCUT2D eigenvalue weighted by Gasteiger charge is 2.05. The lowest BCUT2D eigenvalue weighted by molar-refractivity contribution is 0.788. The fourth-order valence-electron chi connectivity index (χ4n) is 1.56. The minimum Gasteiger partial charge on any atom is -0.241 e. The van der Waals surface area contributed by atoms with Crippen molar-refractivity contribution in [3.05, 3.63) is 35.7 Å². The maximum atomic E-state index is 4.50. The molecule has 74 valence electrons. The van der Waals surface area contributed by atoms with Crippen LogP contribution in [0.1, 0.15) is 37.9 Å². The molecule has 2 heteroatoms. The molecule has 2 aromatic rings. The smallest absolute Gasteiger partial charge is 0.0667 e. The quantitative estimate of drug-likeness (QED) is 0.708. The SMILES string of the molecule is CCc1ccn2nc(C(C)C)cc2c1. The third-order valence-electron chi connectivity index (χ3n) is 2.55. The maximum absolute atomic E-state index is 4.50. The molecule has 0 unspecified atom stereocenters. The van der Waals surface area contributed by atoms with Gasteiger partial charge in [-0.1, -0.05) is 20.8 Å². The van der Waals surface area contributed by atoms with Crippen LogP contribution >= 0.6 is 0 Å². The molecule has 0 radical (unpaired) electrons. The maximum Gasteiger partial charge on any atom is 0.0667 e. The van der Waals surface area contributed by atoms with Gasteiger partial charge in [0.1, 0.15) is 0 Å². The van der Waals surface area contributed by atoms with Crippen LogP contribution < -0.4 is 0 Å². The van der Waals surface area contributed by atoms with E-state index in [1.54, 1.807) is 0 Å². The number of fused-ring (bicyclic) bond motifs is 1. The van der Waals surface area contributed by atoms with Crippen LogP contribution in [0.25, 0.3) is 5.52 Å². The first-order valence-corrected chi connectivity index (χ1v) is 5.19. The first kappa shape index (κ1) is 9.25. The van der Waals surface area contributed by atoms with Crippen LogP contribution in [-0.2, 0) is 6.42 Å². The Morgan fingerprint density at radius 3 is 2.79 bits per heavy atom. The zero-order valence-electron chi connectivity index (χ0n) is 8.99. The van der Waals surface area contributed by atoms with Gasteiger partial charge in [0.15, 0.2) is 0 Å². The molecular formula is C12H16N2. The molecule has 0 saturated heterocycles. The third kappa shape index (κ3) is 1.52. The third-order valence-corrected chi connectivity index (χ3v) is 2.55. The van der Waals surface area contributed by atoms with Gasteiger partial charge in [0.05, 0.1) is 11.2 Å². The van der Waals surface area contributed by atoms with E-state index in [0.29, 0.717) is 5.92 Å². The Labute approximate surface area is 84.6 Å². The van der Waals surface area contributed by atoms with Crippen LogP contribution in [0, 0.1) is 0 Å². The van der Waals surface area contributed by atoms with Crippen molar-refractivity contribution in [1.29, 1.82) is 0 Å². The summed E-state index contributed by atoms with van der Waals surface area (Å²) >= 11 is 0. The summed E-state index contributed by atoms with van der Waals surface area (Å²) in [7, 11) is 0. The number of hydrogen-bond donors (Lipinski definition) is 0. The summed E-state index contributed by atoms with van der Waals surface area (Å²) in [5.74, 6) is 0.500. The van der Waals surface area contributed by atoms with Gasteiger partial charge < -0.3 is 0 Å². The van der Waals surface area contributed by atoms with Gasteiger partial charge in [-0.25, -0.2) is 4.52 Å². The summed E-state index contributed by atoms with van der Waals surface area (Å²) in [6.07, 6.45) is 3.12. The zero-order valence-corrected chi connectivity index (χ0v) is 8.99. The van der Waals surface area contributed by atoms with E-state index in [2.05, 4.69) is 44.1 Å². The average molecular weight is 188 g/mol. The predicted molar refractivity (Wildman–Crippen MR) is 58.7 cm³/mol. The molecule has 0 aliphatic rings. The first-order chi connectivity index (χ1) is 6.70. The van der Waals surface area contributed by atoms with Crippen molar-refractivity contribution in [3.63, 3.8) is 0 Å². The number of pyridine rings is 1. The molecular weight excluding hydrogens is 172 g/mol. The number of aryl methyl sites for hydroxylation is 1. The number of nitrogens with zero attached hydrogens (tertiary/aromatic N) is 2. The molecule has 0 spiro atoms. The van der Waals surface area contributed by atoms with E-state index < -0.39 is 0 Å². The lowest BCUT2D eigenvalue weighted by Gasteiger charge is -1.96. The van der Waals surface area contributed by atoms with E-state index in [9.17, 15) is 0 Å². The van der Waals surface area contributed by atoms with Gasteiger partial charge >= 0.3 is 0 Å². The van der Waals surface area contributed by atoms with Crippen LogP contribution in [0.3, 0.4) is 0 Å². The Morgan fingerprint density at radius 2 is 2.14 bits per heavy atom. The number of hydrogen-bond acceptors (Lipinski definition) is 1. The van der Waals surface area contributed by atoms with Crippen molar-refractivity contribution in [2.75, 3.05) is 0 Å². The molecule has 2 aromatic heterocycles. The Morgan fingerprint density at radius 1 is 1.36 bits per heavy atom. The summed E-state index contributed by atoms with van der Waals surface area (Å²) in [6.45, 7) is 6.51. The monoisotopic (exact) mass is 188 g/mol. The highest BCUT2D eigenvalue weighted by molar-refractivity contribution is 5.50. The molecule has 0 aliphatic heterocycles.